The molecule has 0 saturated heterocycles. The number of rotatable bonds is 8. The number of hydrogen-bond donors (Lipinski definition) is 1. The van der Waals surface area contributed by atoms with Crippen LogP contribution >= 0.6 is 0 Å². The summed E-state index contributed by atoms with van der Waals surface area (Å²) in [6.07, 6.45) is 4.12. The van der Waals surface area contributed by atoms with E-state index in [9.17, 15) is 4.79 Å². The number of aryl methyl sites for hydroxylation is 1. The summed E-state index contributed by atoms with van der Waals surface area (Å²) in [5.41, 5.74) is 4.48. The third-order valence-corrected chi connectivity index (χ3v) is 5.54. The van der Waals surface area contributed by atoms with Crippen LogP contribution in [0.4, 0.5) is 0 Å². The minimum absolute atomic E-state index is 0.00808. The molecular weight excluding hydrogens is 306 g/mol. The van der Waals surface area contributed by atoms with E-state index in [2.05, 4.69) is 63.3 Å². The van der Waals surface area contributed by atoms with Gasteiger partial charge >= 0.3 is 0 Å². The quantitative estimate of drug-likeness (QED) is 0.683. The molecule has 0 radical (unpaired) electrons. The van der Waals surface area contributed by atoms with Crippen LogP contribution in [0.15, 0.2) is 48.5 Å². The fourth-order valence-electron chi connectivity index (χ4n) is 3.62. The first kappa shape index (κ1) is 19.2. The van der Waals surface area contributed by atoms with Gasteiger partial charge in [0, 0.05) is 17.5 Å². The average molecular weight is 338 g/mol. The lowest BCUT2D eigenvalue weighted by Crippen LogP contribution is -2.40. The zero-order valence-corrected chi connectivity index (χ0v) is 16.1. The minimum Gasteiger partial charge on any atom is -0.351 e. The molecule has 0 aliphatic heterocycles. The Morgan fingerprint density at radius 1 is 0.960 bits per heavy atom. The van der Waals surface area contributed by atoms with E-state index in [0.717, 1.165) is 36.8 Å². The Labute approximate surface area is 152 Å². The van der Waals surface area contributed by atoms with Gasteiger partial charge in [0.25, 0.3) is 5.91 Å². The van der Waals surface area contributed by atoms with Crippen molar-refractivity contribution in [1.82, 2.24) is 5.32 Å². The van der Waals surface area contributed by atoms with Gasteiger partial charge in [0.2, 0.25) is 0 Å². The van der Waals surface area contributed by atoms with Crippen molar-refractivity contribution >= 4 is 5.91 Å². The zero-order chi connectivity index (χ0) is 18.3. The molecule has 0 heterocycles. The van der Waals surface area contributed by atoms with E-state index in [1.807, 2.05) is 18.2 Å². The largest absolute Gasteiger partial charge is 0.351 e. The minimum atomic E-state index is -0.00808. The molecule has 1 amide bonds. The lowest BCUT2D eigenvalue weighted by atomic mass is 9.75. The maximum absolute atomic E-state index is 12.8. The molecule has 0 aliphatic rings. The Kier molecular flexibility index (Phi) is 6.81. The van der Waals surface area contributed by atoms with Gasteiger partial charge in [-0.3, -0.25) is 4.79 Å². The Morgan fingerprint density at radius 2 is 1.64 bits per heavy atom. The van der Waals surface area contributed by atoms with Gasteiger partial charge < -0.3 is 5.32 Å². The predicted molar refractivity (Wildman–Crippen MR) is 106 cm³/mol. The van der Waals surface area contributed by atoms with Crippen molar-refractivity contribution in [3.05, 3.63) is 70.8 Å². The van der Waals surface area contributed by atoms with Crippen LogP contribution in [0.25, 0.3) is 0 Å². The van der Waals surface area contributed by atoms with Crippen molar-refractivity contribution in [3.8, 4) is 0 Å². The first-order valence-corrected chi connectivity index (χ1v) is 9.50. The summed E-state index contributed by atoms with van der Waals surface area (Å²) in [7, 11) is 0. The van der Waals surface area contributed by atoms with Crippen molar-refractivity contribution in [1.29, 1.82) is 0 Å². The highest BCUT2D eigenvalue weighted by Crippen LogP contribution is 2.31. The van der Waals surface area contributed by atoms with E-state index in [4.69, 9.17) is 0 Å². The van der Waals surface area contributed by atoms with Gasteiger partial charge in [0.1, 0.15) is 0 Å². The van der Waals surface area contributed by atoms with Crippen molar-refractivity contribution in [2.75, 3.05) is 6.54 Å². The molecule has 2 aromatic rings. The average Bonchev–Trinajstić information content (AvgIpc) is 2.65. The van der Waals surface area contributed by atoms with E-state index >= 15 is 0 Å². The normalized spacial score (nSPS) is 11.4. The summed E-state index contributed by atoms with van der Waals surface area (Å²) >= 11 is 0. The van der Waals surface area contributed by atoms with Gasteiger partial charge in [-0.2, -0.15) is 0 Å². The predicted octanol–water partition coefficient (Wildman–Crippen LogP) is 5.44. The summed E-state index contributed by atoms with van der Waals surface area (Å²) in [6.45, 7) is 9.30. The smallest absolute Gasteiger partial charge is 0.251 e. The molecule has 0 aliphatic carbocycles. The third kappa shape index (κ3) is 4.31. The van der Waals surface area contributed by atoms with Gasteiger partial charge in [0.15, 0.2) is 0 Å². The van der Waals surface area contributed by atoms with E-state index < -0.39 is 0 Å². The first-order valence-electron chi connectivity index (χ1n) is 9.50. The molecule has 0 spiro atoms. The standard InChI is InChI=1S/C23H31NO/c1-5-12-19-13-11-16-21(18(19)4)22(25)24-17-23(6-2,7-3)20-14-9-8-10-15-20/h8-11,13-16H,5-7,12,17H2,1-4H3,(H,24,25). The topological polar surface area (TPSA) is 29.1 Å². The lowest BCUT2D eigenvalue weighted by Gasteiger charge is -2.32. The van der Waals surface area contributed by atoms with Crippen molar-refractivity contribution in [2.24, 2.45) is 0 Å². The van der Waals surface area contributed by atoms with Crippen LogP contribution in [0.3, 0.4) is 0 Å². The third-order valence-electron chi connectivity index (χ3n) is 5.54. The Morgan fingerprint density at radius 3 is 2.24 bits per heavy atom. The van der Waals surface area contributed by atoms with Crippen LogP contribution in [-0.2, 0) is 11.8 Å². The van der Waals surface area contributed by atoms with Crippen LogP contribution < -0.4 is 5.32 Å². The lowest BCUT2D eigenvalue weighted by molar-refractivity contribution is 0.0941. The van der Waals surface area contributed by atoms with Crippen LogP contribution in [0.5, 0.6) is 0 Å². The molecule has 0 saturated carbocycles. The number of nitrogens with one attached hydrogen (secondary N) is 1. The molecule has 0 aromatic heterocycles. The molecule has 25 heavy (non-hydrogen) atoms. The van der Waals surface area contributed by atoms with Crippen LogP contribution in [-0.4, -0.2) is 12.5 Å². The summed E-state index contributed by atoms with van der Waals surface area (Å²) in [6, 6.07) is 16.6. The van der Waals surface area contributed by atoms with Gasteiger partial charge in [-0.25, -0.2) is 0 Å². The highest BCUT2D eigenvalue weighted by Gasteiger charge is 2.29. The summed E-state index contributed by atoms with van der Waals surface area (Å²) in [5.74, 6) is 0.0395. The number of benzene rings is 2. The molecule has 1 N–H and O–H groups in total. The van der Waals surface area contributed by atoms with E-state index in [-0.39, 0.29) is 11.3 Å². The van der Waals surface area contributed by atoms with E-state index in [0.29, 0.717) is 6.54 Å². The molecule has 2 aromatic carbocycles. The van der Waals surface area contributed by atoms with Crippen molar-refractivity contribution in [2.45, 2.75) is 58.8 Å². The Hall–Kier alpha value is -2.09. The highest BCUT2D eigenvalue weighted by molar-refractivity contribution is 5.96. The zero-order valence-electron chi connectivity index (χ0n) is 16.1. The van der Waals surface area contributed by atoms with Gasteiger partial charge in [-0.15, -0.1) is 0 Å². The molecule has 2 nitrogen and oxygen atoms in total. The molecule has 0 bridgehead atoms. The van der Waals surface area contributed by atoms with Crippen LogP contribution in [0.1, 0.15) is 67.1 Å². The maximum Gasteiger partial charge on any atom is 0.251 e. The molecule has 0 atom stereocenters. The fraction of sp³-hybridized carbons (Fsp3) is 0.435. The number of amides is 1. The number of carbonyl (C=O) groups excluding carboxylic acids is 1. The van der Waals surface area contributed by atoms with E-state index in [1.165, 1.54) is 11.1 Å². The summed E-state index contributed by atoms with van der Waals surface area (Å²) < 4.78 is 0. The molecule has 2 heteroatoms. The van der Waals surface area contributed by atoms with Gasteiger partial charge in [-0.1, -0.05) is 69.7 Å². The number of carbonyl (C=O) groups is 1. The van der Waals surface area contributed by atoms with Crippen LogP contribution in [0.2, 0.25) is 0 Å². The first-order chi connectivity index (χ1) is 12.1. The molecule has 0 fully saturated rings. The molecule has 2 rings (SSSR count). The second-order valence-electron chi connectivity index (χ2n) is 6.88. The molecular formula is C23H31NO. The Bertz CT molecular complexity index is 686. The highest BCUT2D eigenvalue weighted by atomic mass is 16.1. The monoisotopic (exact) mass is 337 g/mol. The second-order valence-corrected chi connectivity index (χ2v) is 6.88. The van der Waals surface area contributed by atoms with Crippen LogP contribution in [0, 0.1) is 6.92 Å². The van der Waals surface area contributed by atoms with E-state index in [1.54, 1.807) is 0 Å². The number of hydrogen-bond acceptors (Lipinski definition) is 1. The second kappa shape index (κ2) is 8.84. The van der Waals surface area contributed by atoms with Crippen molar-refractivity contribution in [3.63, 3.8) is 0 Å². The summed E-state index contributed by atoms with van der Waals surface area (Å²) in [4.78, 5) is 12.8. The Balaban J connectivity index is 2.19. The molecule has 0 unspecified atom stereocenters. The van der Waals surface area contributed by atoms with Crippen molar-refractivity contribution < 1.29 is 4.79 Å². The fourth-order valence-corrected chi connectivity index (χ4v) is 3.62. The summed E-state index contributed by atoms with van der Waals surface area (Å²) in [5, 5.41) is 3.21. The SMILES string of the molecule is CCCc1cccc(C(=O)NCC(CC)(CC)c2ccccc2)c1C. The van der Waals surface area contributed by atoms with Gasteiger partial charge in [-0.05, 0) is 48.9 Å². The van der Waals surface area contributed by atoms with Gasteiger partial charge in [0.05, 0.1) is 0 Å². The molecule has 134 valence electrons. The maximum atomic E-state index is 12.8.